The second kappa shape index (κ2) is 5.38. The van der Waals surface area contributed by atoms with E-state index in [0.29, 0.717) is 11.0 Å². The molecule has 0 saturated carbocycles. The molecule has 0 aromatic heterocycles. The number of anilines is 1. The average molecular weight is 325 g/mol. The van der Waals surface area contributed by atoms with E-state index in [1.54, 1.807) is 7.05 Å². The van der Waals surface area contributed by atoms with Gasteiger partial charge in [0.25, 0.3) is 0 Å². The molecule has 0 heterocycles. The molecule has 0 aliphatic rings. The normalized spacial score (nSPS) is 11.3. The number of guanidine groups is 1. The second-order valence-corrected chi connectivity index (χ2v) is 4.12. The Labute approximate surface area is 101 Å². The number of nitrogens with zero attached hydrogens (tertiary/aromatic N) is 1. The summed E-state index contributed by atoms with van der Waals surface area (Å²) in [5.41, 5.74) is 3.20. The first-order valence-corrected chi connectivity index (χ1v) is 5.28. The van der Waals surface area contributed by atoms with Gasteiger partial charge in [0.05, 0.1) is 10.7 Å². The number of nitrogens with one attached hydrogen (secondary N) is 2. The molecule has 0 saturated heterocycles. The largest absolute Gasteiger partial charge is 0.324 e. The van der Waals surface area contributed by atoms with E-state index in [2.05, 4.69) is 38.3 Å². The number of hydrogen-bond acceptors (Lipinski definition) is 2. The van der Waals surface area contributed by atoms with Crippen molar-refractivity contribution in [3.8, 4) is 0 Å². The van der Waals surface area contributed by atoms with Gasteiger partial charge in [-0.2, -0.15) is 0 Å². The number of halogens is 2. The Balaban J connectivity index is 2.90. The standard InChI is InChI=1S/C8H10ClIN4/c1-12-8(14-11)13-7-4-5(10)2-3-6(7)9/h2-4H,11H2,1H3,(H2,12,13,14). The monoisotopic (exact) mass is 324 g/mol. The van der Waals surface area contributed by atoms with Gasteiger partial charge in [-0.05, 0) is 40.8 Å². The van der Waals surface area contributed by atoms with E-state index in [4.69, 9.17) is 17.4 Å². The predicted molar refractivity (Wildman–Crippen MR) is 68.5 cm³/mol. The number of aliphatic imine (C=N–C) groups is 1. The molecule has 0 spiro atoms. The quantitative estimate of drug-likeness (QED) is 0.243. The second-order valence-electron chi connectivity index (χ2n) is 2.47. The number of benzene rings is 1. The van der Waals surface area contributed by atoms with Gasteiger partial charge in [-0.25, -0.2) is 5.84 Å². The van der Waals surface area contributed by atoms with Gasteiger partial charge in [-0.3, -0.25) is 10.4 Å². The van der Waals surface area contributed by atoms with Gasteiger partial charge in [0.2, 0.25) is 5.96 Å². The Kier molecular flexibility index (Phi) is 4.43. The average Bonchev–Trinajstić information content (AvgIpc) is 2.19. The lowest BCUT2D eigenvalue weighted by atomic mass is 10.3. The maximum Gasteiger partial charge on any atom is 0.210 e. The summed E-state index contributed by atoms with van der Waals surface area (Å²) in [5, 5.41) is 3.59. The minimum atomic E-state index is 0.467. The van der Waals surface area contributed by atoms with E-state index in [1.807, 2.05) is 18.2 Å². The predicted octanol–water partition coefficient (Wildman–Crippen LogP) is 1.81. The van der Waals surface area contributed by atoms with Crippen LogP contribution >= 0.6 is 34.2 Å². The summed E-state index contributed by atoms with van der Waals surface area (Å²) in [7, 11) is 1.63. The molecule has 0 amide bonds. The summed E-state index contributed by atoms with van der Waals surface area (Å²) in [4.78, 5) is 3.88. The van der Waals surface area contributed by atoms with Crippen LogP contribution in [0.3, 0.4) is 0 Å². The zero-order chi connectivity index (χ0) is 10.6. The number of rotatable bonds is 1. The van der Waals surface area contributed by atoms with E-state index in [1.165, 1.54) is 0 Å². The van der Waals surface area contributed by atoms with Crippen LogP contribution < -0.4 is 16.6 Å². The Hall–Kier alpha value is -0.530. The zero-order valence-corrected chi connectivity index (χ0v) is 10.4. The summed E-state index contributed by atoms with van der Waals surface area (Å²) >= 11 is 8.17. The van der Waals surface area contributed by atoms with Crippen LogP contribution in [0.4, 0.5) is 5.69 Å². The van der Waals surface area contributed by atoms with Crippen LogP contribution in [-0.4, -0.2) is 13.0 Å². The number of hydrogen-bond donors (Lipinski definition) is 3. The molecular weight excluding hydrogens is 314 g/mol. The topological polar surface area (TPSA) is 62.4 Å². The highest BCUT2D eigenvalue weighted by Gasteiger charge is 2.02. The van der Waals surface area contributed by atoms with Crippen LogP contribution in [-0.2, 0) is 0 Å². The van der Waals surface area contributed by atoms with Gasteiger partial charge >= 0.3 is 0 Å². The Morgan fingerprint density at radius 2 is 2.29 bits per heavy atom. The molecule has 0 aliphatic heterocycles. The Morgan fingerprint density at radius 3 is 2.86 bits per heavy atom. The number of nitrogens with two attached hydrogens (primary N) is 1. The Bertz CT molecular complexity index is 353. The first-order valence-electron chi connectivity index (χ1n) is 3.83. The van der Waals surface area contributed by atoms with Crippen molar-refractivity contribution in [2.24, 2.45) is 10.8 Å². The zero-order valence-electron chi connectivity index (χ0n) is 7.51. The summed E-state index contributed by atoms with van der Waals surface area (Å²) in [5.74, 6) is 5.70. The molecule has 0 bridgehead atoms. The van der Waals surface area contributed by atoms with Crippen LogP contribution in [0.25, 0.3) is 0 Å². The molecule has 6 heteroatoms. The van der Waals surface area contributed by atoms with Crippen molar-refractivity contribution in [1.82, 2.24) is 5.43 Å². The van der Waals surface area contributed by atoms with Gasteiger partial charge in [-0.1, -0.05) is 11.6 Å². The van der Waals surface area contributed by atoms with Crippen molar-refractivity contribution in [1.29, 1.82) is 0 Å². The fourth-order valence-corrected chi connectivity index (χ4v) is 1.53. The minimum Gasteiger partial charge on any atom is -0.324 e. The molecule has 1 aromatic carbocycles. The Morgan fingerprint density at radius 1 is 1.57 bits per heavy atom. The van der Waals surface area contributed by atoms with Crippen molar-refractivity contribution in [3.05, 3.63) is 26.8 Å². The highest BCUT2D eigenvalue weighted by Crippen LogP contribution is 2.23. The molecular formula is C8H10ClIN4. The SMILES string of the molecule is CN=C(NN)Nc1cc(I)ccc1Cl. The van der Waals surface area contributed by atoms with E-state index in [9.17, 15) is 0 Å². The summed E-state index contributed by atoms with van der Waals surface area (Å²) in [6, 6.07) is 5.65. The molecule has 0 aliphatic carbocycles. The molecule has 14 heavy (non-hydrogen) atoms. The molecule has 4 nitrogen and oxygen atoms in total. The van der Waals surface area contributed by atoms with Crippen molar-refractivity contribution in [3.63, 3.8) is 0 Å². The van der Waals surface area contributed by atoms with Gasteiger partial charge in [0.15, 0.2) is 0 Å². The van der Waals surface area contributed by atoms with Crippen molar-refractivity contribution < 1.29 is 0 Å². The van der Waals surface area contributed by atoms with Gasteiger partial charge in [0, 0.05) is 10.6 Å². The highest BCUT2D eigenvalue weighted by molar-refractivity contribution is 14.1. The summed E-state index contributed by atoms with van der Waals surface area (Å²) < 4.78 is 1.09. The molecule has 4 N–H and O–H groups in total. The van der Waals surface area contributed by atoms with Gasteiger partial charge in [-0.15, -0.1) is 0 Å². The summed E-state index contributed by atoms with van der Waals surface area (Å²) in [6.07, 6.45) is 0. The van der Waals surface area contributed by atoms with Gasteiger partial charge < -0.3 is 5.32 Å². The van der Waals surface area contributed by atoms with Crippen LogP contribution in [0, 0.1) is 3.57 Å². The first-order chi connectivity index (χ1) is 6.67. The molecule has 0 atom stereocenters. The van der Waals surface area contributed by atoms with Crippen LogP contribution in [0.2, 0.25) is 5.02 Å². The third-order valence-corrected chi connectivity index (χ3v) is 2.54. The van der Waals surface area contributed by atoms with Gasteiger partial charge in [0.1, 0.15) is 0 Å². The lowest BCUT2D eigenvalue weighted by Crippen LogP contribution is -2.36. The van der Waals surface area contributed by atoms with Crippen molar-refractivity contribution in [2.45, 2.75) is 0 Å². The third kappa shape index (κ3) is 3.00. The molecule has 0 unspecified atom stereocenters. The highest BCUT2D eigenvalue weighted by atomic mass is 127. The van der Waals surface area contributed by atoms with E-state index in [0.717, 1.165) is 9.26 Å². The molecule has 0 fully saturated rings. The fourth-order valence-electron chi connectivity index (χ4n) is 0.877. The van der Waals surface area contributed by atoms with E-state index in [-0.39, 0.29) is 0 Å². The van der Waals surface area contributed by atoms with Crippen LogP contribution in [0.1, 0.15) is 0 Å². The number of hydrazine groups is 1. The maximum atomic E-state index is 5.96. The van der Waals surface area contributed by atoms with E-state index < -0.39 is 0 Å². The molecule has 1 aromatic rings. The molecule has 1 rings (SSSR count). The summed E-state index contributed by atoms with van der Waals surface area (Å²) in [6.45, 7) is 0. The molecule has 0 radical (unpaired) electrons. The maximum absolute atomic E-state index is 5.96. The smallest absolute Gasteiger partial charge is 0.210 e. The molecule has 76 valence electrons. The third-order valence-electron chi connectivity index (χ3n) is 1.54. The fraction of sp³-hybridized carbons (Fsp3) is 0.125. The van der Waals surface area contributed by atoms with Crippen LogP contribution in [0.5, 0.6) is 0 Å². The lowest BCUT2D eigenvalue weighted by molar-refractivity contribution is 1.01. The van der Waals surface area contributed by atoms with Crippen molar-refractivity contribution in [2.75, 3.05) is 12.4 Å². The van der Waals surface area contributed by atoms with Crippen LogP contribution in [0.15, 0.2) is 23.2 Å². The van der Waals surface area contributed by atoms with Crippen molar-refractivity contribution >= 4 is 45.8 Å². The lowest BCUT2D eigenvalue weighted by Gasteiger charge is -2.09. The minimum absolute atomic E-state index is 0.467. The van der Waals surface area contributed by atoms with E-state index >= 15 is 0 Å². The first kappa shape index (κ1) is 11.5.